The van der Waals surface area contributed by atoms with Crippen LogP contribution in [-0.2, 0) is 16.0 Å². The number of likely N-dealkylation sites (tertiary alicyclic amines) is 1. The van der Waals surface area contributed by atoms with Crippen LogP contribution in [0.15, 0.2) is 41.2 Å². The summed E-state index contributed by atoms with van der Waals surface area (Å²) in [4.78, 5) is 29.7. The van der Waals surface area contributed by atoms with Gasteiger partial charge in [-0.1, -0.05) is 6.07 Å². The number of hydrogen-bond donors (Lipinski definition) is 1. The molecule has 114 valence electrons. The predicted molar refractivity (Wildman–Crippen MR) is 82.5 cm³/mol. The lowest BCUT2D eigenvalue weighted by Gasteiger charge is -2.26. The van der Waals surface area contributed by atoms with Gasteiger partial charge in [0.05, 0.1) is 12.0 Å². The van der Waals surface area contributed by atoms with Gasteiger partial charge in [0, 0.05) is 31.3 Å². The van der Waals surface area contributed by atoms with Crippen molar-refractivity contribution in [3.05, 3.63) is 52.5 Å². The fourth-order valence-electron chi connectivity index (χ4n) is 2.91. The van der Waals surface area contributed by atoms with Crippen LogP contribution < -0.4 is 0 Å². The van der Waals surface area contributed by atoms with Crippen molar-refractivity contribution < 1.29 is 14.7 Å². The maximum absolute atomic E-state index is 12.3. The second-order valence-electron chi connectivity index (χ2n) is 5.31. The second kappa shape index (κ2) is 6.27. The molecule has 1 saturated heterocycles. The van der Waals surface area contributed by atoms with Gasteiger partial charge in [-0.15, -0.1) is 0 Å². The molecule has 0 spiro atoms. The summed E-state index contributed by atoms with van der Waals surface area (Å²) in [6.07, 6.45) is 2.41. The highest BCUT2D eigenvalue weighted by Gasteiger charge is 2.44. The minimum Gasteiger partial charge on any atom is -0.481 e. The van der Waals surface area contributed by atoms with Crippen LogP contribution in [0.5, 0.6) is 0 Å². The molecular weight excluding hydrogens is 300 g/mol. The third-order valence-corrected chi connectivity index (χ3v) is 4.67. The normalized spacial score (nSPS) is 21.3. The number of carboxylic acids is 1. The van der Waals surface area contributed by atoms with Crippen LogP contribution in [0, 0.1) is 5.92 Å². The number of pyridine rings is 1. The third kappa shape index (κ3) is 2.87. The van der Waals surface area contributed by atoms with Crippen molar-refractivity contribution in [2.75, 3.05) is 6.54 Å². The average molecular weight is 316 g/mol. The zero-order chi connectivity index (χ0) is 15.5. The van der Waals surface area contributed by atoms with E-state index in [0.717, 1.165) is 11.3 Å². The number of thiophene rings is 1. The molecule has 3 heterocycles. The SMILES string of the molecule is O=C(O)[C@@H]1CC(=O)N(CCc2ccccn2)[C@H]1c1ccsc1. The Balaban J connectivity index is 1.81. The highest BCUT2D eigenvalue weighted by Crippen LogP contribution is 2.39. The van der Waals surface area contributed by atoms with E-state index in [4.69, 9.17) is 0 Å². The Morgan fingerprint density at radius 3 is 2.91 bits per heavy atom. The summed E-state index contributed by atoms with van der Waals surface area (Å²) >= 11 is 1.51. The van der Waals surface area contributed by atoms with E-state index in [1.54, 1.807) is 11.1 Å². The van der Waals surface area contributed by atoms with Crippen LogP contribution in [0.25, 0.3) is 0 Å². The number of aliphatic carboxylic acids is 1. The lowest BCUT2D eigenvalue weighted by Crippen LogP contribution is -2.32. The average Bonchev–Trinajstić information content (AvgIpc) is 3.13. The lowest BCUT2D eigenvalue weighted by molar-refractivity contribution is -0.142. The van der Waals surface area contributed by atoms with Gasteiger partial charge in [0.25, 0.3) is 0 Å². The summed E-state index contributed by atoms with van der Waals surface area (Å²) in [6, 6.07) is 7.19. The Bertz CT molecular complexity index is 657. The van der Waals surface area contributed by atoms with E-state index in [0.29, 0.717) is 13.0 Å². The van der Waals surface area contributed by atoms with E-state index >= 15 is 0 Å². The van der Waals surface area contributed by atoms with Crippen LogP contribution in [0.2, 0.25) is 0 Å². The molecule has 0 saturated carbocycles. The van der Waals surface area contributed by atoms with Gasteiger partial charge < -0.3 is 10.0 Å². The van der Waals surface area contributed by atoms with E-state index in [1.807, 2.05) is 35.0 Å². The zero-order valence-electron chi connectivity index (χ0n) is 11.9. The molecule has 2 aromatic heterocycles. The third-order valence-electron chi connectivity index (χ3n) is 3.97. The van der Waals surface area contributed by atoms with Gasteiger partial charge in [-0.05, 0) is 34.5 Å². The molecule has 1 aliphatic rings. The molecule has 0 aliphatic carbocycles. The van der Waals surface area contributed by atoms with Gasteiger partial charge in [-0.25, -0.2) is 0 Å². The second-order valence-corrected chi connectivity index (χ2v) is 6.09. The quantitative estimate of drug-likeness (QED) is 0.919. The highest BCUT2D eigenvalue weighted by atomic mass is 32.1. The monoisotopic (exact) mass is 316 g/mol. The number of nitrogens with zero attached hydrogens (tertiary/aromatic N) is 2. The lowest BCUT2D eigenvalue weighted by atomic mass is 9.95. The molecule has 2 atom stereocenters. The molecule has 1 aliphatic heterocycles. The van der Waals surface area contributed by atoms with Gasteiger partial charge in [-0.2, -0.15) is 11.3 Å². The Labute approximate surface area is 132 Å². The molecule has 5 nitrogen and oxygen atoms in total. The van der Waals surface area contributed by atoms with Crippen molar-refractivity contribution in [2.24, 2.45) is 5.92 Å². The molecule has 0 bridgehead atoms. The molecule has 0 aromatic carbocycles. The minimum absolute atomic E-state index is 0.0675. The van der Waals surface area contributed by atoms with E-state index in [9.17, 15) is 14.7 Å². The molecule has 0 radical (unpaired) electrons. The Kier molecular flexibility index (Phi) is 4.20. The van der Waals surface area contributed by atoms with Gasteiger partial charge in [0.2, 0.25) is 5.91 Å². The zero-order valence-corrected chi connectivity index (χ0v) is 12.7. The molecular formula is C16H16N2O3S. The summed E-state index contributed by atoms with van der Waals surface area (Å²) < 4.78 is 0. The minimum atomic E-state index is -0.912. The summed E-state index contributed by atoms with van der Waals surface area (Å²) in [5.41, 5.74) is 1.81. The Morgan fingerprint density at radius 2 is 2.27 bits per heavy atom. The molecule has 1 fully saturated rings. The smallest absolute Gasteiger partial charge is 0.309 e. The van der Waals surface area contributed by atoms with Crippen molar-refractivity contribution in [3.8, 4) is 0 Å². The largest absolute Gasteiger partial charge is 0.481 e. The number of amides is 1. The Morgan fingerprint density at radius 1 is 1.41 bits per heavy atom. The van der Waals surface area contributed by atoms with E-state index in [-0.39, 0.29) is 18.4 Å². The summed E-state index contributed by atoms with van der Waals surface area (Å²) in [5, 5.41) is 13.2. The molecule has 22 heavy (non-hydrogen) atoms. The first kappa shape index (κ1) is 14.7. The van der Waals surface area contributed by atoms with E-state index in [1.165, 1.54) is 11.3 Å². The first-order valence-electron chi connectivity index (χ1n) is 7.11. The van der Waals surface area contributed by atoms with Crippen LogP contribution in [0.4, 0.5) is 0 Å². The van der Waals surface area contributed by atoms with Crippen LogP contribution in [0.3, 0.4) is 0 Å². The number of hydrogen-bond acceptors (Lipinski definition) is 4. The number of carboxylic acid groups (broad SMARTS) is 1. The van der Waals surface area contributed by atoms with Crippen LogP contribution in [0.1, 0.15) is 23.7 Å². The predicted octanol–water partition coefficient (Wildman–Crippen LogP) is 2.36. The van der Waals surface area contributed by atoms with Gasteiger partial charge >= 0.3 is 5.97 Å². The molecule has 2 aromatic rings. The topological polar surface area (TPSA) is 70.5 Å². The van der Waals surface area contributed by atoms with Crippen molar-refractivity contribution in [2.45, 2.75) is 18.9 Å². The first-order chi connectivity index (χ1) is 10.7. The number of carbonyl (C=O) groups excluding carboxylic acids is 1. The van der Waals surface area contributed by atoms with Gasteiger partial charge in [-0.3, -0.25) is 14.6 Å². The maximum atomic E-state index is 12.3. The Hall–Kier alpha value is -2.21. The van der Waals surface area contributed by atoms with Crippen LogP contribution >= 0.6 is 11.3 Å². The summed E-state index contributed by atoms with van der Waals surface area (Å²) in [6.45, 7) is 0.486. The molecule has 3 rings (SSSR count). The fourth-order valence-corrected chi connectivity index (χ4v) is 3.60. The van der Waals surface area contributed by atoms with E-state index in [2.05, 4.69) is 4.98 Å². The van der Waals surface area contributed by atoms with Crippen molar-refractivity contribution >= 4 is 23.2 Å². The molecule has 1 amide bonds. The van der Waals surface area contributed by atoms with Crippen molar-refractivity contribution in [3.63, 3.8) is 0 Å². The summed E-state index contributed by atoms with van der Waals surface area (Å²) in [5.74, 6) is -1.68. The van der Waals surface area contributed by atoms with Crippen molar-refractivity contribution in [1.29, 1.82) is 0 Å². The number of aromatic nitrogens is 1. The first-order valence-corrected chi connectivity index (χ1v) is 8.05. The number of rotatable bonds is 5. The molecule has 1 N–H and O–H groups in total. The molecule has 6 heteroatoms. The summed E-state index contributed by atoms with van der Waals surface area (Å²) in [7, 11) is 0. The highest BCUT2D eigenvalue weighted by molar-refractivity contribution is 7.08. The van der Waals surface area contributed by atoms with Crippen molar-refractivity contribution in [1.82, 2.24) is 9.88 Å². The van der Waals surface area contributed by atoms with Gasteiger partial charge in [0.1, 0.15) is 0 Å². The standard InChI is InChI=1S/C16H16N2O3S/c19-14-9-13(16(20)21)15(11-5-8-22-10-11)18(14)7-4-12-3-1-2-6-17-12/h1-3,5-6,8,10,13,15H,4,7,9H2,(H,20,21)/t13-,15+/m1/s1. The number of carbonyl (C=O) groups is 2. The maximum Gasteiger partial charge on any atom is 0.309 e. The van der Waals surface area contributed by atoms with Gasteiger partial charge in [0.15, 0.2) is 0 Å². The molecule has 0 unspecified atom stereocenters. The van der Waals surface area contributed by atoms with Crippen LogP contribution in [-0.4, -0.2) is 33.4 Å². The fraction of sp³-hybridized carbons (Fsp3) is 0.312. The van der Waals surface area contributed by atoms with E-state index < -0.39 is 11.9 Å².